The maximum atomic E-state index is 12.4. The number of nitrogens with two attached hydrogens (primary N) is 1. The van der Waals surface area contributed by atoms with Gasteiger partial charge < -0.3 is 10.5 Å². The van der Waals surface area contributed by atoms with E-state index in [1.165, 1.54) is 0 Å². The molecule has 1 aromatic carbocycles. The molecule has 0 aromatic heterocycles. The lowest BCUT2D eigenvalue weighted by molar-refractivity contribution is -0.274. The number of carbonyl (C=O) groups excluding carboxylic acids is 1. The van der Waals surface area contributed by atoms with E-state index in [1.54, 1.807) is 0 Å². The van der Waals surface area contributed by atoms with Crippen LogP contribution >= 0.6 is 0 Å². The minimum absolute atomic E-state index is 0.290. The molecule has 0 saturated carbocycles. The van der Waals surface area contributed by atoms with Crippen molar-refractivity contribution in [2.24, 2.45) is 5.73 Å². The zero-order chi connectivity index (χ0) is 14.1. The molecule has 1 rings (SSSR count). The van der Waals surface area contributed by atoms with E-state index in [0.717, 1.165) is 0 Å². The summed E-state index contributed by atoms with van der Waals surface area (Å²) in [7, 11) is 0. The number of carbonyl (C=O) groups is 1. The van der Waals surface area contributed by atoms with Crippen LogP contribution in [0.1, 0.15) is 15.9 Å². The van der Waals surface area contributed by atoms with E-state index in [9.17, 15) is 31.1 Å². The van der Waals surface area contributed by atoms with E-state index < -0.39 is 35.3 Å². The Bertz CT molecular complexity index is 465. The molecule has 0 atom stereocenters. The summed E-state index contributed by atoms with van der Waals surface area (Å²) in [6.45, 7) is 0. The van der Waals surface area contributed by atoms with Crippen LogP contribution in [0.2, 0.25) is 0 Å². The quantitative estimate of drug-likeness (QED) is 0.842. The van der Waals surface area contributed by atoms with Crippen LogP contribution in [-0.4, -0.2) is 12.3 Å². The lowest BCUT2D eigenvalue weighted by Crippen LogP contribution is -2.21. The number of amides is 1. The first-order valence-corrected chi connectivity index (χ1v) is 4.27. The standard InChI is InChI=1S/C9H5F6NO2/c10-8(11,12)6-2-1-4(18-9(13,14)15)3-5(6)7(16)17/h1-3H,(H2,16,17). The van der Waals surface area contributed by atoms with Gasteiger partial charge >= 0.3 is 12.5 Å². The van der Waals surface area contributed by atoms with Gasteiger partial charge in [0.05, 0.1) is 11.1 Å². The van der Waals surface area contributed by atoms with Crippen molar-refractivity contribution in [1.29, 1.82) is 0 Å². The number of ether oxygens (including phenoxy) is 1. The van der Waals surface area contributed by atoms with Crippen molar-refractivity contribution >= 4 is 5.91 Å². The Labute approximate surface area is 96.1 Å². The van der Waals surface area contributed by atoms with Crippen LogP contribution in [0.25, 0.3) is 0 Å². The Balaban J connectivity index is 3.24. The van der Waals surface area contributed by atoms with Crippen LogP contribution < -0.4 is 10.5 Å². The van der Waals surface area contributed by atoms with Crippen molar-refractivity contribution in [3.8, 4) is 5.75 Å². The minimum atomic E-state index is -5.07. The normalized spacial score (nSPS) is 12.3. The van der Waals surface area contributed by atoms with Gasteiger partial charge in [-0.2, -0.15) is 13.2 Å². The van der Waals surface area contributed by atoms with Crippen LogP contribution in [0.15, 0.2) is 18.2 Å². The van der Waals surface area contributed by atoms with E-state index in [1.807, 2.05) is 0 Å². The van der Waals surface area contributed by atoms with Crippen LogP contribution in [0.5, 0.6) is 5.75 Å². The van der Waals surface area contributed by atoms with Crippen LogP contribution in [0, 0.1) is 0 Å². The fraction of sp³-hybridized carbons (Fsp3) is 0.222. The first-order chi connectivity index (χ1) is 8.00. The SMILES string of the molecule is NC(=O)c1cc(OC(F)(F)F)ccc1C(F)(F)F. The molecule has 9 heteroatoms. The van der Waals surface area contributed by atoms with Gasteiger partial charge in [-0.1, -0.05) is 0 Å². The summed E-state index contributed by atoms with van der Waals surface area (Å²) in [4.78, 5) is 10.8. The summed E-state index contributed by atoms with van der Waals surface area (Å²) < 4.78 is 76.2. The highest BCUT2D eigenvalue weighted by Crippen LogP contribution is 2.34. The molecule has 0 saturated heterocycles. The second-order valence-electron chi connectivity index (χ2n) is 3.12. The Morgan fingerprint density at radius 1 is 1.11 bits per heavy atom. The highest BCUT2D eigenvalue weighted by molar-refractivity contribution is 5.95. The summed E-state index contributed by atoms with van der Waals surface area (Å²) in [6.07, 6.45) is -9.98. The van der Waals surface area contributed by atoms with E-state index in [-0.39, 0.29) is 0 Å². The Morgan fingerprint density at radius 2 is 1.67 bits per heavy atom. The summed E-state index contributed by atoms with van der Waals surface area (Å²) in [6, 6.07) is 1.03. The number of rotatable bonds is 2. The highest BCUT2D eigenvalue weighted by atomic mass is 19.4. The predicted molar refractivity (Wildman–Crippen MR) is 46.6 cm³/mol. The van der Waals surface area contributed by atoms with Gasteiger partial charge in [0.15, 0.2) is 0 Å². The lowest BCUT2D eigenvalue weighted by Gasteiger charge is -2.13. The Hall–Kier alpha value is -1.93. The van der Waals surface area contributed by atoms with Crippen LogP contribution in [0.4, 0.5) is 26.3 Å². The van der Waals surface area contributed by atoms with E-state index >= 15 is 0 Å². The minimum Gasteiger partial charge on any atom is -0.406 e. The van der Waals surface area contributed by atoms with Gasteiger partial charge in [-0.3, -0.25) is 4.79 Å². The summed E-state index contributed by atoms with van der Waals surface area (Å²) in [5, 5.41) is 0. The molecular weight excluding hydrogens is 268 g/mol. The summed E-state index contributed by atoms with van der Waals surface area (Å²) >= 11 is 0. The monoisotopic (exact) mass is 273 g/mol. The number of benzene rings is 1. The van der Waals surface area contributed by atoms with Gasteiger partial charge in [-0.25, -0.2) is 0 Å². The average Bonchev–Trinajstić information content (AvgIpc) is 2.12. The van der Waals surface area contributed by atoms with Gasteiger partial charge in [0.2, 0.25) is 5.91 Å². The Morgan fingerprint density at radius 3 is 2.06 bits per heavy atom. The average molecular weight is 273 g/mol. The number of hydrogen-bond acceptors (Lipinski definition) is 2. The molecule has 100 valence electrons. The molecule has 0 aliphatic rings. The van der Waals surface area contributed by atoms with Gasteiger partial charge in [0.25, 0.3) is 0 Å². The van der Waals surface area contributed by atoms with Crippen molar-refractivity contribution in [2.45, 2.75) is 12.5 Å². The molecule has 0 unspecified atom stereocenters. The van der Waals surface area contributed by atoms with E-state index in [4.69, 9.17) is 0 Å². The second-order valence-corrected chi connectivity index (χ2v) is 3.12. The molecule has 0 aliphatic heterocycles. The molecule has 0 bridgehead atoms. The summed E-state index contributed by atoms with van der Waals surface area (Å²) in [5.41, 5.74) is 2.15. The van der Waals surface area contributed by atoms with Crippen LogP contribution in [-0.2, 0) is 6.18 Å². The zero-order valence-electron chi connectivity index (χ0n) is 8.39. The Kier molecular flexibility index (Phi) is 3.45. The predicted octanol–water partition coefficient (Wildman–Crippen LogP) is 2.70. The first kappa shape index (κ1) is 14.1. The zero-order valence-corrected chi connectivity index (χ0v) is 8.39. The third-order valence-corrected chi connectivity index (χ3v) is 1.80. The van der Waals surface area contributed by atoms with Crippen molar-refractivity contribution < 1.29 is 35.9 Å². The number of halogens is 6. The first-order valence-electron chi connectivity index (χ1n) is 4.27. The second kappa shape index (κ2) is 4.39. The van der Waals surface area contributed by atoms with Gasteiger partial charge in [0.1, 0.15) is 5.75 Å². The largest absolute Gasteiger partial charge is 0.573 e. The molecule has 3 nitrogen and oxygen atoms in total. The van der Waals surface area contributed by atoms with Crippen molar-refractivity contribution in [2.75, 3.05) is 0 Å². The molecule has 0 aliphatic carbocycles. The van der Waals surface area contributed by atoms with E-state index in [2.05, 4.69) is 10.5 Å². The maximum Gasteiger partial charge on any atom is 0.573 e. The number of alkyl halides is 6. The van der Waals surface area contributed by atoms with Crippen molar-refractivity contribution in [3.05, 3.63) is 29.3 Å². The van der Waals surface area contributed by atoms with Crippen molar-refractivity contribution in [1.82, 2.24) is 0 Å². The number of hydrogen-bond donors (Lipinski definition) is 1. The van der Waals surface area contributed by atoms with Gasteiger partial charge in [0, 0.05) is 0 Å². The third kappa shape index (κ3) is 3.54. The van der Waals surface area contributed by atoms with E-state index in [0.29, 0.717) is 18.2 Å². The molecular formula is C9H5F6NO2. The molecule has 1 aromatic rings. The lowest BCUT2D eigenvalue weighted by atomic mass is 10.1. The third-order valence-electron chi connectivity index (χ3n) is 1.80. The molecule has 2 N–H and O–H groups in total. The van der Waals surface area contributed by atoms with Gasteiger partial charge in [-0.15, -0.1) is 13.2 Å². The topological polar surface area (TPSA) is 52.3 Å². The summed E-state index contributed by atoms with van der Waals surface area (Å²) in [5.74, 6) is -2.46. The number of primary amides is 1. The van der Waals surface area contributed by atoms with Crippen molar-refractivity contribution in [3.63, 3.8) is 0 Å². The molecule has 1 amide bonds. The molecule has 0 radical (unpaired) electrons. The maximum absolute atomic E-state index is 12.4. The smallest absolute Gasteiger partial charge is 0.406 e. The van der Waals surface area contributed by atoms with Gasteiger partial charge in [-0.05, 0) is 18.2 Å². The highest BCUT2D eigenvalue weighted by Gasteiger charge is 2.36. The molecule has 18 heavy (non-hydrogen) atoms. The molecule has 0 spiro atoms. The molecule has 0 heterocycles. The fourth-order valence-electron chi connectivity index (χ4n) is 1.17. The fourth-order valence-corrected chi connectivity index (χ4v) is 1.17. The molecule has 0 fully saturated rings. The van der Waals surface area contributed by atoms with Crippen LogP contribution in [0.3, 0.4) is 0 Å².